The molecule has 1 unspecified atom stereocenters. The van der Waals surface area contributed by atoms with Crippen LogP contribution in [0, 0.1) is 0 Å². The second-order valence-electron chi connectivity index (χ2n) is 4.14. The topological polar surface area (TPSA) is 88.8 Å². The first-order chi connectivity index (χ1) is 9.20. The molecule has 2 N–H and O–H groups in total. The van der Waals surface area contributed by atoms with Crippen molar-refractivity contribution in [3.05, 3.63) is 30.6 Å². The van der Waals surface area contributed by atoms with Crippen molar-refractivity contribution < 1.29 is 9.84 Å². The van der Waals surface area contributed by atoms with Gasteiger partial charge in [-0.3, -0.25) is 0 Å². The average molecular weight is 259 g/mol. The largest absolute Gasteiger partial charge is 0.494 e. The molecule has 3 aromatic rings. The van der Waals surface area contributed by atoms with E-state index >= 15 is 0 Å². The summed E-state index contributed by atoms with van der Waals surface area (Å²) in [5.74, 6) is 1.66. The molecule has 0 amide bonds. The van der Waals surface area contributed by atoms with Crippen molar-refractivity contribution in [3.63, 3.8) is 0 Å². The first kappa shape index (κ1) is 11.7. The molecule has 0 aromatic carbocycles. The molecule has 7 nitrogen and oxygen atoms in total. The van der Waals surface area contributed by atoms with Gasteiger partial charge in [0.25, 0.3) is 0 Å². The number of H-pyrrole nitrogens is 1. The predicted molar refractivity (Wildman–Crippen MR) is 68.2 cm³/mol. The van der Waals surface area contributed by atoms with E-state index in [1.807, 2.05) is 12.3 Å². The molecule has 0 fully saturated rings. The van der Waals surface area contributed by atoms with Gasteiger partial charge in [0, 0.05) is 11.6 Å². The van der Waals surface area contributed by atoms with Crippen molar-refractivity contribution in [1.29, 1.82) is 0 Å². The third-order valence-electron chi connectivity index (χ3n) is 2.86. The maximum absolute atomic E-state index is 9.45. The van der Waals surface area contributed by atoms with E-state index in [4.69, 9.17) is 4.74 Å². The first-order valence-electron chi connectivity index (χ1n) is 5.80. The van der Waals surface area contributed by atoms with Crippen molar-refractivity contribution in [2.45, 2.75) is 13.0 Å². The molecule has 3 aromatic heterocycles. The fraction of sp³-hybridized carbons (Fsp3) is 0.250. The number of nitrogens with zero attached hydrogens (tertiary/aromatic N) is 4. The fourth-order valence-corrected chi connectivity index (χ4v) is 1.92. The van der Waals surface area contributed by atoms with Crippen molar-refractivity contribution in [2.75, 3.05) is 7.11 Å². The van der Waals surface area contributed by atoms with Crippen LogP contribution in [0.5, 0.6) is 5.75 Å². The minimum absolute atomic E-state index is 0.359. The summed E-state index contributed by atoms with van der Waals surface area (Å²) in [7, 11) is 1.60. The molecule has 0 aliphatic rings. The van der Waals surface area contributed by atoms with Gasteiger partial charge in [0.2, 0.25) is 0 Å². The van der Waals surface area contributed by atoms with Crippen LogP contribution < -0.4 is 4.74 Å². The number of hydrogen-bond donors (Lipinski definition) is 2. The standard InChI is InChI=1S/C12H13N5O2/c1-7(18)11-15-6-17(16-11)12-10-8(3-4-13-10)9(19-2)5-14-12/h3-7,13,18H,1-2H3. The molecule has 3 rings (SSSR count). The zero-order valence-corrected chi connectivity index (χ0v) is 10.5. The van der Waals surface area contributed by atoms with Crippen LogP contribution >= 0.6 is 0 Å². The smallest absolute Gasteiger partial charge is 0.179 e. The third kappa shape index (κ3) is 1.84. The van der Waals surface area contributed by atoms with E-state index in [0.717, 1.165) is 10.9 Å². The van der Waals surface area contributed by atoms with Gasteiger partial charge in [-0.05, 0) is 13.0 Å². The van der Waals surface area contributed by atoms with Gasteiger partial charge >= 0.3 is 0 Å². The number of aromatic amines is 1. The first-order valence-corrected chi connectivity index (χ1v) is 5.80. The number of pyridine rings is 1. The average Bonchev–Trinajstić information content (AvgIpc) is 3.06. The lowest BCUT2D eigenvalue weighted by molar-refractivity contribution is 0.189. The SMILES string of the molecule is COc1cnc(-n2cnc(C(C)O)n2)c2[nH]ccc12. The van der Waals surface area contributed by atoms with Gasteiger partial charge < -0.3 is 14.8 Å². The molecule has 7 heteroatoms. The van der Waals surface area contributed by atoms with Crippen molar-refractivity contribution in [2.24, 2.45) is 0 Å². The summed E-state index contributed by atoms with van der Waals surface area (Å²) >= 11 is 0. The number of aromatic nitrogens is 5. The van der Waals surface area contributed by atoms with Gasteiger partial charge in [-0.1, -0.05) is 0 Å². The van der Waals surface area contributed by atoms with Gasteiger partial charge in [0.05, 0.1) is 18.8 Å². The third-order valence-corrected chi connectivity index (χ3v) is 2.86. The molecule has 98 valence electrons. The minimum atomic E-state index is -0.710. The van der Waals surface area contributed by atoms with Crippen molar-refractivity contribution >= 4 is 10.9 Å². The number of nitrogens with one attached hydrogen (secondary N) is 1. The Morgan fingerprint density at radius 1 is 1.42 bits per heavy atom. The Labute approximate surface area is 108 Å². The molecule has 0 bridgehead atoms. The van der Waals surface area contributed by atoms with Crippen LogP contribution in [-0.4, -0.2) is 36.9 Å². The number of aliphatic hydroxyl groups excluding tert-OH is 1. The highest BCUT2D eigenvalue weighted by Crippen LogP contribution is 2.27. The zero-order chi connectivity index (χ0) is 13.4. The van der Waals surface area contributed by atoms with Crippen LogP contribution in [-0.2, 0) is 0 Å². The normalized spacial score (nSPS) is 12.8. The Morgan fingerprint density at radius 3 is 2.95 bits per heavy atom. The Bertz CT molecular complexity index is 716. The van der Waals surface area contributed by atoms with E-state index in [1.54, 1.807) is 20.2 Å². The van der Waals surface area contributed by atoms with Crippen molar-refractivity contribution in [1.82, 2.24) is 24.7 Å². The quantitative estimate of drug-likeness (QED) is 0.738. The summed E-state index contributed by atoms with van der Waals surface area (Å²) in [5.41, 5.74) is 0.807. The summed E-state index contributed by atoms with van der Waals surface area (Å²) in [4.78, 5) is 11.5. The molecule has 1 atom stereocenters. The van der Waals surface area contributed by atoms with Crippen molar-refractivity contribution in [3.8, 4) is 11.6 Å². The Morgan fingerprint density at radius 2 is 2.26 bits per heavy atom. The van der Waals surface area contributed by atoms with E-state index in [1.165, 1.54) is 11.0 Å². The number of hydrogen-bond acceptors (Lipinski definition) is 5. The predicted octanol–water partition coefficient (Wildman–Crippen LogP) is 1.21. The highest BCUT2D eigenvalue weighted by molar-refractivity contribution is 5.90. The van der Waals surface area contributed by atoms with Crippen LogP contribution in [0.3, 0.4) is 0 Å². The summed E-state index contributed by atoms with van der Waals surface area (Å²) < 4.78 is 6.78. The van der Waals surface area contributed by atoms with Crippen LogP contribution in [0.25, 0.3) is 16.7 Å². The van der Waals surface area contributed by atoms with E-state index in [2.05, 4.69) is 20.1 Å². The van der Waals surface area contributed by atoms with Gasteiger partial charge in [0.15, 0.2) is 11.6 Å². The Balaban J connectivity index is 2.16. The number of fused-ring (bicyclic) bond motifs is 1. The highest BCUT2D eigenvalue weighted by Gasteiger charge is 2.13. The second kappa shape index (κ2) is 4.36. The second-order valence-corrected chi connectivity index (χ2v) is 4.14. The molecule has 19 heavy (non-hydrogen) atoms. The molecule has 3 heterocycles. The highest BCUT2D eigenvalue weighted by atomic mass is 16.5. The number of rotatable bonds is 3. The van der Waals surface area contributed by atoms with Gasteiger partial charge in [-0.2, -0.15) is 0 Å². The van der Waals surface area contributed by atoms with Crippen LogP contribution in [0.2, 0.25) is 0 Å². The van der Waals surface area contributed by atoms with Gasteiger partial charge in [-0.15, -0.1) is 5.10 Å². The monoisotopic (exact) mass is 259 g/mol. The number of aliphatic hydroxyl groups is 1. The maximum Gasteiger partial charge on any atom is 0.179 e. The number of ether oxygens (including phenoxy) is 1. The van der Waals surface area contributed by atoms with E-state index in [0.29, 0.717) is 17.4 Å². The van der Waals surface area contributed by atoms with Crippen LogP contribution in [0.4, 0.5) is 0 Å². The lowest BCUT2D eigenvalue weighted by atomic mass is 10.3. The lowest BCUT2D eigenvalue weighted by Crippen LogP contribution is -2.02. The van der Waals surface area contributed by atoms with E-state index < -0.39 is 6.10 Å². The summed E-state index contributed by atoms with van der Waals surface area (Å²) in [6.45, 7) is 1.62. The summed E-state index contributed by atoms with van der Waals surface area (Å²) in [6, 6.07) is 1.91. The Kier molecular flexibility index (Phi) is 2.68. The molecular formula is C12H13N5O2. The Hall–Kier alpha value is -2.41. The lowest BCUT2D eigenvalue weighted by Gasteiger charge is -2.05. The maximum atomic E-state index is 9.45. The molecular weight excluding hydrogens is 246 g/mol. The molecule has 0 saturated heterocycles. The fourth-order valence-electron chi connectivity index (χ4n) is 1.92. The van der Waals surface area contributed by atoms with E-state index in [9.17, 15) is 5.11 Å². The molecule has 0 aliphatic heterocycles. The number of methoxy groups -OCH3 is 1. The van der Waals surface area contributed by atoms with Crippen LogP contribution in [0.15, 0.2) is 24.8 Å². The molecule has 0 spiro atoms. The van der Waals surface area contributed by atoms with Gasteiger partial charge in [0.1, 0.15) is 18.2 Å². The van der Waals surface area contributed by atoms with Gasteiger partial charge in [-0.25, -0.2) is 14.6 Å². The van der Waals surface area contributed by atoms with Crippen LogP contribution in [0.1, 0.15) is 18.9 Å². The molecule has 0 saturated carbocycles. The molecule has 0 aliphatic carbocycles. The summed E-state index contributed by atoms with van der Waals surface area (Å²) in [5, 5.41) is 14.6. The zero-order valence-electron chi connectivity index (χ0n) is 10.5. The minimum Gasteiger partial charge on any atom is -0.494 e. The molecule has 0 radical (unpaired) electrons. The summed E-state index contributed by atoms with van der Waals surface area (Å²) in [6.07, 6.45) is 4.26. The van der Waals surface area contributed by atoms with E-state index in [-0.39, 0.29) is 0 Å².